The van der Waals surface area contributed by atoms with Crippen LogP contribution < -0.4 is 10.6 Å². The van der Waals surface area contributed by atoms with Crippen molar-refractivity contribution in [1.82, 2.24) is 0 Å². The van der Waals surface area contributed by atoms with E-state index in [1.54, 1.807) is 0 Å². The summed E-state index contributed by atoms with van der Waals surface area (Å²) in [6, 6.07) is 7.27. The highest BCUT2D eigenvalue weighted by atomic mass is 15.2. The molecule has 2 N–H and O–H groups in total. The molecule has 2 heteroatoms. The lowest BCUT2D eigenvalue weighted by Crippen LogP contribution is -2.42. The summed E-state index contributed by atoms with van der Waals surface area (Å²) in [5.74, 6) is 0.789. The maximum absolute atomic E-state index is 5.68. The third kappa shape index (κ3) is 2.47. The van der Waals surface area contributed by atoms with Crippen LogP contribution in [0.3, 0.4) is 0 Å². The summed E-state index contributed by atoms with van der Waals surface area (Å²) in [7, 11) is 0. The Hall–Kier alpha value is -1.02. The molecule has 0 bridgehead atoms. The van der Waals surface area contributed by atoms with Crippen LogP contribution in [0, 0.1) is 12.8 Å². The number of hydrogen-bond donors (Lipinski definition) is 1. The molecule has 1 heterocycles. The van der Waals surface area contributed by atoms with Crippen molar-refractivity contribution in [2.45, 2.75) is 46.2 Å². The highest BCUT2D eigenvalue weighted by molar-refractivity contribution is 5.55. The van der Waals surface area contributed by atoms with Gasteiger partial charge in [0, 0.05) is 24.8 Å². The van der Waals surface area contributed by atoms with E-state index in [1.165, 1.54) is 36.2 Å². The monoisotopic (exact) mass is 232 g/mol. The minimum atomic E-state index is 0.632. The molecule has 0 saturated carbocycles. The maximum Gasteiger partial charge on any atom is 0.0398 e. The fraction of sp³-hybridized carbons (Fsp3) is 0.600. The average molecular weight is 232 g/mol. The van der Waals surface area contributed by atoms with E-state index in [1.807, 2.05) is 0 Å². The van der Waals surface area contributed by atoms with E-state index in [-0.39, 0.29) is 0 Å². The molecule has 1 aromatic rings. The largest absolute Gasteiger partial charge is 0.368 e. The van der Waals surface area contributed by atoms with Gasteiger partial charge in [0.25, 0.3) is 0 Å². The van der Waals surface area contributed by atoms with Gasteiger partial charge in [0.2, 0.25) is 0 Å². The number of rotatable bonds is 2. The zero-order chi connectivity index (χ0) is 12.4. The first kappa shape index (κ1) is 12.4. The van der Waals surface area contributed by atoms with Crippen molar-refractivity contribution >= 4 is 5.69 Å². The molecule has 2 rings (SSSR count). The van der Waals surface area contributed by atoms with E-state index in [9.17, 15) is 0 Å². The van der Waals surface area contributed by atoms with Gasteiger partial charge in [0.15, 0.2) is 0 Å². The molecule has 0 spiro atoms. The van der Waals surface area contributed by atoms with Crippen LogP contribution in [0.15, 0.2) is 18.2 Å². The summed E-state index contributed by atoms with van der Waals surface area (Å²) in [6.45, 7) is 8.72. The van der Waals surface area contributed by atoms with Gasteiger partial charge >= 0.3 is 0 Å². The molecule has 0 radical (unpaired) electrons. The van der Waals surface area contributed by atoms with Crippen molar-refractivity contribution in [3.8, 4) is 0 Å². The minimum absolute atomic E-state index is 0.632. The molecule has 2 atom stereocenters. The van der Waals surface area contributed by atoms with Gasteiger partial charge in [0.05, 0.1) is 0 Å². The summed E-state index contributed by atoms with van der Waals surface area (Å²) in [4.78, 5) is 2.56. The van der Waals surface area contributed by atoms with Gasteiger partial charge in [-0.1, -0.05) is 19.1 Å². The minimum Gasteiger partial charge on any atom is -0.368 e. The SMILES string of the molecule is Cc1cc(CN)ccc1N1CCCC(C)C1C. The molecule has 0 amide bonds. The standard InChI is InChI=1S/C15H24N2/c1-11-5-4-8-17(13(11)3)15-7-6-14(10-16)9-12(15)2/h6-7,9,11,13H,4-5,8,10,16H2,1-3H3. The van der Waals surface area contributed by atoms with Crippen molar-refractivity contribution in [2.24, 2.45) is 11.7 Å². The normalized spacial score (nSPS) is 25.1. The topological polar surface area (TPSA) is 29.3 Å². The second kappa shape index (κ2) is 5.09. The van der Waals surface area contributed by atoms with E-state index in [2.05, 4.69) is 43.9 Å². The number of piperidine rings is 1. The molecule has 1 aliphatic heterocycles. The van der Waals surface area contributed by atoms with Crippen LogP contribution in [0.5, 0.6) is 0 Å². The summed E-state index contributed by atoms with van der Waals surface area (Å²) in [6.07, 6.45) is 2.67. The fourth-order valence-corrected chi connectivity index (χ4v) is 2.84. The Kier molecular flexibility index (Phi) is 3.72. The molecular formula is C15H24N2. The molecule has 94 valence electrons. The fourth-order valence-electron chi connectivity index (χ4n) is 2.84. The maximum atomic E-state index is 5.68. The summed E-state index contributed by atoms with van der Waals surface area (Å²) < 4.78 is 0. The van der Waals surface area contributed by atoms with E-state index in [0.29, 0.717) is 12.6 Å². The molecule has 1 fully saturated rings. The third-order valence-corrected chi connectivity index (χ3v) is 4.18. The van der Waals surface area contributed by atoms with Crippen molar-refractivity contribution < 1.29 is 0 Å². The Morgan fingerprint density at radius 2 is 2.12 bits per heavy atom. The zero-order valence-electron chi connectivity index (χ0n) is 11.2. The van der Waals surface area contributed by atoms with Crippen LogP contribution >= 0.6 is 0 Å². The molecule has 1 aliphatic rings. The highest BCUT2D eigenvalue weighted by Gasteiger charge is 2.25. The van der Waals surface area contributed by atoms with Crippen LogP contribution in [0.25, 0.3) is 0 Å². The molecule has 0 aromatic heterocycles. The quantitative estimate of drug-likeness (QED) is 0.849. The number of nitrogens with two attached hydrogens (primary N) is 1. The highest BCUT2D eigenvalue weighted by Crippen LogP contribution is 2.30. The molecule has 2 unspecified atom stereocenters. The number of benzene rings is 1. The first-order valence-corrected chi connectivity index (χ1v) is 6.69. The van der Waals surface area contributed by atoms with Crippen molar-refractivity contribution in [2.75, 3.05) is 11.4 Å². The Labute approximate surface area is 105 Å². The van der Waals surface area contributed by atoms with Gasteiger partial charge in [0.1, 0.15) is 0 Å². The van der Waals surface area contributed by atoms with Gasteiger partial charge < -0.3 is 10.6 Å². The lowest BCUT2D eigenvalue weighted by Gasteiger charge is -2.40. The van der Waals surface area contributed by atoms with Crippen molar-refractivity contribution in [1.29, 1.82) is 0 Å². The third-order valence-electron chi connectivity index (χ3n) is 4.18. The molecule has 2 nitrogen and oxygen atoms in total. The second-order valence-electron chi connectivity index (χ2n) is 5.38. The molecule has 1 saturated heterocycles. The van der Waals surface area contributed by atoms with E-state index in [4.69, 9.17) is 5.73 Å². The number of anilines is 1. The summed E-state index contributed by atoms with van der Waals surface area (Å²) >= 11 is 0. The van der Waals surface area contributed by atoms with Gasteiger partial charge in [-0.05, 0) is 49.8 Å². The van der Waals surface area contributed by atoms with Gasteiger partial charge in [-0.2, -0.15) is 0 Å². The number of hydrogen-bond acceptors (Lipinski definition) is 2. The van der Waals surface area contributed by atoms with Gasteiger partial charge in [-0.15, -0.1) is 0 Å². The predicted octanol–water partition coefficient (Wildman–Crippen LogP) is 3.08. The van der Waals surface area contributed by atoms with Crippen LogP contribution in [-0.4, -0.2) is 12.6 Å². The predicted molar refractivity (Wildman–Crippen MR) is 74.3 cm³/mol. The molecule has 0 aliphatic carbocycles. The lowest BCUT2D eigenvalue weighted by atomic mass is 9.91. The molecule has 1 aromatic carbocycles. The summed E-state index contributed by atoms with van der Waals surface area (Å²) in [5.41, 5.74) is 9.65. The van der Waals surface area contributed by atoms with Crippen molar-refractivity contribution in [3.63, 3.8) is 0 Å². The Bertz CT molecular complexity index is 387. The van der Waals surface area contributed by atoms with Crippen LogP contribution in [0.1, 0.15) is 37.8 Å². The van der Waals surface area contributed by atoms with E-state index < -0.39 is 0 Å². The van der Waals surface area contributed by atoms with E-state index >= 15 is 0 Å². The summed E-state index contributed by atoms with van der Waals surface area (Å²) in [5, 5.41) is 0. The Morgan fingerprint density at radius 3 is 2.76 bits per heavy atom. The molecule has 17 heavy (non-hydrogen) atoms. The van der Waals surface area contributed by atoms with Gasteiger partial charge in [-0.3, -0.25) is 0 Å². The van der Waals surface area contributed by atoms with Crippen LogP contribution in [0.2, 0.25) is 0 Å². The smallest absolute Gasteiger partial charge is 0.0398 e. The Morgan fingerprint density at radius 1 is 1.35 bits per heavy atom. The molecular weight excluding hydrogens is 208 g/mol. The van der Waals surface area contributed by atoms with Crippen LogP contribution in [0.4, 0.5) is 5.69 Å². The average Bonchev–Trinajstić information content (AvgIpc) is 2.33. The second-order valence-corrected chi connectivity index (χ2v) is 5.38. The Balaban J connectivity index is 2.27. The first-order valence-electron chi connectivity index (χ1n) is 6.69. The van der Waals surface area contributed by atoms with E-state index in [0.717, 1.165) is 5.92 Å². The number of aryl methyl sites for hydroxylation is 1. The zero-order valence-corrected chi connectivity index (χ0v) is 11.2. The first-order chi connectivity index (χ1) is 8.13. The van der Waals surface area contributed by atoms with Crippen molar-refractivity contribution in [3.05, 3.63) is 29.3 Å². The van der Waals surface area contributed by atoms with Crippen LogP contribution in [-0.2, 0) is 6.54 Å². The lowest BCUT2D eigenvalue weighted by molar-refractivity contribution is 0.363. The number of nitrogens with zero attached hydrogens (tertiary/aromatic N) is 1. The van der Waals surface area contributed by atoms with Gasteiger partial charge in [-0.25, -0.2) is 0 Å².